The van der Waals surface area contributed by atoms with E-state index in [1.165, 1.54) is 22.7 Å². The van der Waals surface area contributed by atoms with Gasteiger partial charge in [0, 0.05) is 39.3 Å². The van der Waals surface area contributed by atoms with E-state index in [1.54, 1.807) is 31.4 Å². The van der Waals surface area contributed by atoms with Gasteiger partial charge < -0.3 is 26.4 Å². The van der Waals surface area contributed by atoms with Crippen molar-refractivity contribution in [2.24, 2.45) is 0 Å². The van der Waals surface area contributed by atoms with E-state index in [2.05, 4.69) is 53.9 Å². The van der Waals surface area contributed by atoms with Gasteiger partial charge in [0.2, 0.25) is 0 Å². The van der Waals surface area contributed by atoms with Crippen LogP contribution in [-0.4, -0.2) is 46.1 Å². The van der Waals surface area contributed by atoms with Crippen molar-refractivity contribution in [3.63, 3.8) is 0 Å². The van der Waals surface area contributed by atoms with Gasteiger partial charge in [-0.3, -0.25) is 10.1 Å². The molecule has 6 N–H and O–H groups in total. The van der Waals surface area contributed by atoms with Crippen LogP contribution in [0.2, 0.25) is 0 Å². The molecule has 0 bridgehead atoms. The van der Waals surface area contributed by atoms with Crippen LogP contribution in [0, 0.1) is 0 Å². The number of hydrogen-bond donors (Lipinski definition) is 5. The fourth-order valence-electron chi connectivity index (χ4n) is 5.52. The van der Waals surface area contributed by atoms with Crippen LogP contribution < -0.4 is 31.7 Å². The Morgan fingerprint density at radius 2 is 1.76 bits per heavy atom. The molecule has 220 valence electrons. The minimum Gasteiger partial charge on any atom is -0.497 e. The first kappa shape index (κ1) is 29.5. The molecule has 4 aromatic rings. The Labute approximate surface area is 253 Å². The average Bonchev–Trinajstić information content (AvgIpc) is 3.53. The smallest absolute Gasteiger partial charge is 0.321 e. The van der Waals surface area contributed by atoms with Gasteiger partial charge in [0.05, 0.1) is 12.8 Å². The lowest BCUT2D eigenvalue weighted by atomic mass is 9.80. The highest BCUT2D eigenvalue weighted by Crippen LogP contribution is 2.38. The molecule has 42 heavy (non-hydrogen) atoms. The summed E-state index contributed by atoms with van der Waals surface area (Å²) in [4.78, 5) is 35.4. The maximum Gasteiger partial charge on any atom is 0.321 e. The lowest BCUT2D eigenvalue weighted by Crippen LogP contribution is -2.62. The number of aromatic nitrogens is 2. The first-order chi connectivity index (χ1) is 19.9. The predicted octanol–water partition coefficient (Wildman–Crippen LogP) is 6.21. The van der Waals surface area contributed by atoms with E-state index in [0.717, 1.165) is 24.1 Å². The summed E-state index contributed by atoms with van der Waals surface area (Å²) in [5.74, 6) is 0.682. The van der Waals surface area contributed by atoms with Crippen molar-refractivity contribution in [1.29, 1.82) is 0 Å². The number of hydrogen-bond acceptors (Lipinski definition) is 9. The Morgan fingerprint density at radius 1 is 1.02 bits per heavy atom. The number of nitrogens with one attached hydrogen (secondary N) is 4. The molecule has 1 aliphatic rings. The Kier molecular flexibility index (Phi) is 8.22. The second-order valence-corrected chi connectivity index (χ2v) is 13.5. The zero-order chi connectivity index (χ0) is 30.1. The second kappa shape index (κ2) is 11.7. The second-order valence-electron chi connectivity index (χ2n) is 11.6. The Balaban J connectivity index is 1.25. The third-order valence-corrected chi connectivity index (χ3v) is 8.83. The van der Waals surface area contributed by atoms with E-state index in [0.29, 0.717) is 37.8 Å². The number of amides is 3. The molecule has 0 unspecified atom stereocenters. The van der Waals surface area contributed by atoms with Gasteiger partial charge >= 0.3 is 6.03 Å². The molecule has 10 nitrogen and oxygen atoms in total. The van der Waals surface area contributed by atoms with Gasteiger partial charge in [-0.25, -0.2) is 14.8 Å². The predicted molar refractivity (Wildman–Crippen MR) is 170 cm³/mol. The van der Waals surface area contributed by atoms with Gasteiger partial charge in [-0.1, -0.05) is 29.5 Å². The number of ether oxygens (including phenoxy) is 1. The largest absolute Gasteiger partial charge is 0.497 e. The van der Waals surface area contributed by atoms with Crippen molar-refractivity contribution in [2.75, 3.05) is 23.5 Å². The number of piperidine rings is 1. The minimum absolute atomic E-state index is 0.0330. The maximum atomic E-state index is 12.8. The molecule has 3 heterocycles. The molecule has 12 heteroatoms. The summed E-state index contributed by atoms with van der Waals surface area (Å²) in [5.41, 5.74) is 8.80. The quantitative estimate of drug-likeness (QED) is 0.169. The van der Waals surface area contributed by atoms with Gasteiger partial charge in [0.1, 0.15) is 21.5 Å². The number of thiazole rings is 2. The molecule has 3 amide bonds. The van der Waals surface area contributed by atoms with E-state index in [9.17, 15) is 9.59 Å². The summed E-state index contributed by atoms with van der Waals surface area (Å²) in [6.45, 7) is 8.58. The molecule has 0 saturated carbocycles. The van der Waals surface area contributed by atoms with Gasteiger partial charge in [-0.05, 0) is 70.9 Å². The molecule has 2 aromatic carbocycles. The number of anilines is 3. The van der Waals surface area contributed by atoms with Crippen LogP contribution in [0.4, 0.5) is 21.4 Å². The zero-order valence-corrected chi connectivity index (χ0v) is 25.8. The molecule has 0 aliphatic carbocycles. The Bertz CT molecular complexity index is 1600. The lowest BCUT2D eigenvalue weighted by molar-refractivity contribution is 0.102. The number of benzene rings is 2. The van der Waals surface area contributed by atoms with Crippen molar-refractivity contribution < 1.29 is 14.3 Å². The van der Waals surface area contributed by atoms with Crippen LogP contribution >= 0.6 is 22.7 Å². The van der Waals surface area contributed by atoms with Gasteiger partial charge in [-0.15, -0.1) is 11.3 Å². The van der Waals surface area contributed by atoms with Crippen LogP contribution in [0.1, 0.15) is 50.9 Å². The molecule has 0 spiro atoms. The lowest BCUT2D eigenvalue weighted by Gasteiger charge is -2.46. The molecule has 1 aliphatic heterocycles. The Morgan fingerprint density at radius 3 is 2.50 bits per heavy atom. The minimum atomic E-state index is -0.304. The van der Waals surface area contributed by atoms with Crippen molar-refractivity contribution in [1.82, 2.24) is 20.6 Å². The standard InChI is InChI=1S/C30H35N7O3S2/c1-29(2)14-20(15-30(3,4)37-29)33-27(39)36-28-35-24(31)23(42-28)26-34-22(16-41-26)17-8-6-10-19(12-17)32-25(38)18-9-7-11-21(13-18)40-5/h6-13,16,20,37H,14-15,31H2,1-5H3,(H,32,38)(H2,33,35,36,39). The highest BCUT2D eigenvalue weighted by molar-refractivity contribution is 7.23. The monoisotopic (exact) mass is 605 g/mol. The number of carbonyl (C=O) groups is 2. The van der Waals surface area contributed by atoms with Crippen molar-refractivity contribution in [3.05, 3.63) is 59.5 Å². The van der Waals surface area contributed by atoms with Gasteiger partial charge in [0.25, 0.3) is 5.91 Å². The first-order valence-corrected chi connectivity index (χ1v) is 15.2. The third kappa shape index (κ3) is 7.07. The SMILES string of the molecule is COc1cccc(C(=O)Nc2cccc(-c3csc(-c4sc(NC(=O)NC5CC(C)(C)NC(C)(C)C5)nc4N)n3)c2)c1. The molecular formula is C30H35N7O3S2. The molecule has 2 aromatic heterocycles. The fourth-order valence-corrected chi connectivity index (χ4v) is 7.32. The van der Waals surface area contributed by atoms with Crippen LogP contribution in [0.3, 0.4) is 0 Å². The summed E-state index contributed by atoms with van der Waals surface area (Å²) in [7, 11) is 1.56. The third-order valence-electron chi connectivity index (χ3n) is 6.85. The van der Waals surface area contributed by atoms with E-state index < -0.39 is 0 Å². The molecule has 1 fully saturated rings. The number of nitrogen functional groups attached to an aromatic ring is 1. The maximum absolute atomic E-state index is 12.8. The summed E-state index contributed by atoms with van der Waals surface area (Å²) in [6.07, 6.45) is 1.64. The molecule has 0 atom stereocenters. The number of nitrogens with zero attached hydrogens (tertiary/aromatic N) is 2. The van der Waals surface area contributed by atoms with E-state index in [-0.39, 0.29) is 29.1 Å². The number of urea groups is 1. The van der Waals surface area contributed by atoms with Crippen molar-refractivity contribution >= 4 is 51.2 Å². The number of carbonyl (C=O) groups excluding carboxylic acids is 2. The molecule has 5 rings (SSSR count). The number of rotatable bonds is 7. The topological polar surface area (TPSA) is 143 Å². The van der Waals surface area contributed by atoms with Gasteiger partial charge in [0.15, 0.2) is 5.13 Å². The van der Waals surface area contributed by atoms with E-state index in [4.69, 9.17) is 15.5 Å². The van der Waals surface area contributed by atoms with Crippen LogP contribution in [0.25, 0.3) is 21.1 Å². The number of methoxy groups -OCH3 is 1. The normalized spacial score (nSPS) is 16.0. The molecular weight excluding hydrogens is 571 g/mol. The molecule has 1 saturated heterocycles. The summed E-state index contributed by atoms with van der Waals surface area (Å²) < 4.78 is 5.22. The average molecular weight is 606 g/mol. The first-order valence-electron chi connectivity index (χ1n) is 13.5. The van der Waals surface area contributed by atoms with Crippen LogP contribution in [-0.2, 0) is 0 Å². The summed E-state index contributed by atoms with van der Waals surface area (Å²) in [5, 5.41) is 15.5. The highest BCUT2D eigenvalue weighted by Gasteiger charge is 2.38. The highest BCUT2D eigenvalue weighted by atomic mass is 32.1. The fraction of sp³-hybridized carbons (Fsp3) is 0.333. The van der Waals surface area contributed by atoms with E-state index in [1.807, 2.05) is 29.6 Å². The van der Waals surface area contributed by atoms with Gasteiger partial charge in [-0.2, -0.15) is 0 Å². The Hall–Kier alpha value is -4.00. The van der Waals surface area contributed by atoms with Crippen molar-refractivity contribution in [3.8, 4) is 26.9 Å². The number of nitrogens with two attached hydrogens (primary N) is 1. The van der Waals surface area contributed by atoms with E-state index >= 15 is 0 Å². The van der Waals surface area contributed by atoms with Crippen molar-refractivity contribution in [2.45, 2.75) is 57.7 Å². The van der Waals surface area contributed by atoms with Crippen LogP contribution in [0.15, 0.2) is 53.9 Å². The molecule has 0 radical (unpaired) electrons. The van der Waals surface area contributed by atoms with Crippen LogP contribution in [0.5, 0.6) is 5.75 Å². The zero-order valence-electron chi connectivity index (χ0n) is 24.2. The summed E-state index contributed by atoms with van der Waals surface area (Å²) in [6, 6.07) is 14.2. The summed E-state index contributed by atoms with van der Waals surface area (Å²) >= 11 is 2.72.